The van der Waals surface area contributed by atoms with Crippen LogP contribution >= 0.6 is 50.6 Å². The Labute approximate surface area is 263 Å². The molecular formula is C32H24BrClN2O4S2. The van der Waals surface area contributed by atoms with Crippen LogP contribution in [0.5, 0.6) is 5.75 Å². The minimum absolute atomic E-state index is 0.0298. The third-order valence-corrected chi connectivity index (χ3v) is 12.7. The molecule has 2 bridgehead atoms. The number of imide groups is 1. The molecule has 0 spiro atoms. The van der Waals surface area contributed by atoms with Gasteiger partial charge in [-0.3, -0.25) is 19.3 Å². The first-order valence-corrected chi connectivity index (χ1v) is 16.7. The van der Waals surface area contributed by atoms with Crippen molar-refractivity contribution in [3.05, 3.63) is 108 Å². The van der Waals surface area contributed by atoms with Gasteiger partial charge in [0.05, 0.1) is 22.5 Å². The van der Waals surface area contributed by atoms with Gasteiger partial charge in [0.1, 0.15) is 12.4 Å². The van der Waals surface area contributed by atoms with E-state index in [4.69, 9.17) is 16.3 Å². The number of carbonyl (C=O) groups excluding carboxylic acids is 2. The average molecular weight is 680 g/mol. The molecule has 1 aromatic heterocycles. The third-order valence-electron chi connectivity index (χ3n) is 9.34. The maximum Gasteiger partial charge on any atom is 0.305 e. The Balaban J connectivity index is 1.11. The number of H-pyrrole nitrogens is 1. The van der Waals surface area contributed by atoms with Gasteiger partial charge >= 0.3 is 4.87 Å². The number of amides is 2. The lowest BCUT2D eigenvalue weighted by Crippen LogP contribution is -2.42. The van der Waals surface area contributed by atoms with Crippen molar-refractivity contribution in [3.8, 4) is 5.75 Å². The summed E-state index contributed by atoms with van der Waals surface area (Å²) in [6, 6.07) is 23.1. The molecule has 2 aliphatic carbocycles. The largest absolute Gasteiger partial charge is 0.489 e. The van der Waals surface area contributed by atoms with Gasteiger partial charge in [-0.15, -0.1) is 11.8 Å². The van der Waals surface area contributed by atoms with Crippen LogP contribution < -0.4 is 14.5 Å². The van der Waals surface area contributed by atoms with Crippen molar-refractivity contribution in [1.82, 2.24) is 4.98 Å². The highest BCUT2D eigenvalue weighted by Gasteiger charge is 2.69. The Morgan fingerprint density at radius 3 is 2.43 bits per heavy atom. The number of hydrogen-bond acceptors (Lipinski definition) is 6. The highest BCUT2D eigenvalue weighted by molar-refractivity contribution is 9.10. The fraction of sp³-hybridized carbons (Fsp3) is 0.281. The molecule has 10 heteroatoms. The number of fused-ring (bicyclic) bond motifs is 9. The second-order valence-electron chi connectivity index (χ2n) is 11.4. The number of aromatic amines is 1. The number of aromatic nitrogens is 1. The Morgan fingerprint density at radius 1 is 0.952 bits per heavy atom. The van der Waals surface area contributed by atoms with Crippen molar-refractivity contribution in [2.45, 2.75) is 29.2 Å². The monoisotopic (exact) mass is 678 g/mol. The van der Waals surface area contributed by atoms with Crippen LogP contribution in [0.25, 0.3) is 0 Å². The lowest BCUT2D eigenvalue weighted by molar-refractivity contribution is -0.123. The van der Waals surface area contributed by atoms with E-state index in [9.17, 15) is 14.4 Å². The van der Waals surface area contributed by atoms with Gasteiger partial charge in [-0.25, -0.2) is 0 Å². The van der Waals surface area contributed by atoms with E-state index in [1.165, 1.54) is 16.2 Å². The maximum absolute atomic E-state index is 13.9. The molecule has 2 saturated carbocycles. The summed E-state index contributed by atoms with van der Waals surface area (Å²) in [7, 11) is 0. The summed E-state index contributed by atoms with van der Waals surface area (Å²) in [5.41, 5.74) is 2.72. The van der Waals surface area contributed by atoms with E-state index in [1.807, 2.05) is 60.7 Å². The van der Waals surface area contributed by atoms with Gasteiger partial charge in [-0.05, 0) is 83.8 Å². The van der Waals surface area contributed by atoms with E-state index < -0.39 is 0 Å². The van der Waals surface area contributed by atoms with E-state index >= 15 is 0 Å². The topological polar surface area (TPSA) is 79.5 Å². The number of ether oxygens (including phenoxy) is 1. The number of anilines is 1. The van der Waals surface area contributed by atoms with Crippen molar-refractivity contribution in [1.29, 1.82) is 0 Å². The minimum atomic E-state index is -0.326. The molecule has 8 rings (SSSR count). The first-order chi connectivity index (χ1) is 20.4. The molecule has 2 aliphatic heterocycles. The summed E-state index contributed by atoms with van der Waals surface area (Å²) in [5, 5.41) is 1.73. The second kappa shape index (κ2) is 10.1. The average Bonchev–Trinajstić information content (AvgIpc) is 3.72. The molecule has 4 aromatic rings. The third kappa shape index (κ3) is 4.15. The van der Waals surface area contributed by atoms with Gasteiger partial charge in [0.25, 0.3) is 0 Å². The molecule has 1 N–H and O–H groups in total. The van der Waals surface area contributed by atoms with E-state index in [0.717, 1.165) is 37.7 Å². The van der Waals surface area contributed by atoms with Crippen molar-refractivity contribution in [2.75, 3.05) is 4.90 Å². The quantitative estimate of drug-likeness (QED) is 0.228. The van der Waals surface area contributed by atoms with Crippen LogP contribution in [-0.4, -0.2) is 22.0 Å². The van der Waals surface area contributed by atoms with Crippen molar-refractivity contribution < 1.29 is 14.3 Å². The van der Waals surface area contributed by atoms with Crippen molar-refractivity contribution >= 4 is 68.1 Å². The van der Waals surface area contributed by atoms with E-state index in [0.29, 0.717) is 17.3 Å². The van der Waals surface area contributed by atoms with Crippen molar-refractivity contribution in [2.24, 2.45) is 29.6 Å². The smallest absolute Gasteiger partial charge is 0.305 e. The molecule has 3 fully saturated rings. The Morgan fingerprint density at radius 2 is 1.69 bits per heavy atom. The SMILES string of the molecule is O=C1C2C3CC(C2C(=O)N1c1ccc(Br)cc1)C1C3Sc2[nH]c(=O)sc2[C@@H]1c1ccc(OCc2cccc(Cl)c2)cc1. The van der Waals surface area contributed by atoms with E-state index in [2.05, 4.69) is 33.0 Å². The summed E-state index contributed by atoms with van der Waals surface area (Å²) in [6.45, 7) is 0.409. The normalized spacial score (nSPS) is 29.0. The van der Waals surface area contributed by atoms with Gasteiger partial charge in [-0.2, -0.15) is 0 Å². The number of carbonyl (C=O) groups is 2. The molecule has 42 heavy (non-hydrogen) atoms. The predicted octanol–water partition coefficient (Wildman–Crippen LogP) is 7.11. The summed E-state index contributed by atoms with van der Waals surface area (Å²) in [4.78, 5) is 45.7. The minimum Gasteiger partial charge on any atom is -0.489 e. The van der Waals surface area contributed by atoms with Crippen molar-refractivity contribution in [3.63, 3.8) is 0 Å². The van der Waals surface area contributed by atoms with Crippen LogP contribution in [0, 0.1) is 29.6 Å². The number of hydrogen-bond donors (Lipinski definition) is 1. The zero-order chi connectivity index (χ0) is 28.7. The fourth-order valence-corrected chi connectivity index (χ4v) is 11.2. The summed E-state index contributed by atoms with van der Waals surface area (Å²) < 4.78 is 6.94. The van der Waals surface area contributed by atoms with Gasteiger partial charge < -0.3 is 9.72 Å². The Hall–Kier alpha value is -2.85. The van der Waals surface area contributed by atoms with Crippen LogP contribution in [0.3, 0.4) is 0 Å². The van der Waals surface area contributed by atoms with E-state index in [-0.39, 0.29) is 57.4 Å². The molecule has 7 atom stereocenters. The molecular weight excluding hydrogens is 656 g/mol. The summed E-state index contributed by atoms with van der Waals surface area (Å²) in [5.74, 6) is 0.231. The van der Waals surface area contributed by atoms with Gasteiger partial charge in [0.2, 0.25) is 11.8 Å². The predicted molar refractivity (Wildman–Crippen MR) is 167 cm³/mol. The molecule has 6 unspecified atom stereocenters. The van der Waals surface area contributed by atoms with Crippen LogP contribution in [0.15, 0.2) is 87.1 Å². The number of thiazole rings is 1. The number of rotatable bonds is 5. The van der Waals surface area contributed by atoms with Crippen LogP contribution in [0.2, 0.25) is 5.02 Å². The lowest BCUT2D eigenvalue weighted by atomic mass is 9.68. The summed E-state index contributed by atoms with van der Waals surface area (Å²) >= 11 is 12.5. The van der Waals surface area contributed by atoms with Crippen LogP contribution in [0.1, 0.15) is 28.3 Å². The molecule has 4 aliphatic rings. The van der Waals surface area contributed by atoms with Crippen LogP contribution in [-0.2, 0) is 16.2 Å². The lowest BCUT2D eigenvalue weighted by Gasteiger charge is -2.43. The standard InChI is InChI=1S/C32H24BrClN2O4S2/c33-17-6-8-19(9-7-17)36-30(37)25-21-13-22(26(25)31(36)38)27-24(21)23(28-29(41-27)35-32(39)42-28)16-4-10-20(11-5-16)40-14-15-2-1-3-18(34)12-15/h1-12,21-27H,13-14H2,(H,35,39)/t21?,22?,23-,24?,25?,26?,27?/m1/s1. The first kappa shape index (κ1) is 26.8. The maximum atomic E-state index is 13.9. The Bertz CT molecular complexity index is 1790. The highest BCUT2D eigenvalue weighted by Crippen LogP contribution is 2.68. The molecule has 1 saturated heterocycles. The molecule has 3 heterocycles. The number of nitrogens with zero attached hydrogens (tertiary/aromatic N) is 1. The summed E-state index contributed by atoms with van der Waals surface area (Å²) in [6.07, 6.45) is 0.861. The number of halogens is 2. The second-order valence-corrected chi connectivity index (χ2v) is 15.0. The zero-order valence-electron chi connectivity index (χ0n) is 22.0. The fourth-order valence-electron chi connectivity index (χ4n) is 7.80. The van der Waals surface area contributed by atoms with Gasteiger partial charge in [0.15, 0.2) is 0 Å². The molecule has 3 aromatic carbocycles. The molecule has 2 amide bonds. The van der Waals surface area contributed by atoms with E-state index in [1.54, 1.807) is 11.8 Å². The van der Waals surface area contributed by atoms with Crippen LogP contribution in [0.4, 0.5) is 5.69 Å². The van der Waals surface area contributed by atoms with Gasteiger partial charge in [0, 0.05) is 25.5 Å². The molecule has 212 valence electrons. The molecule has 0 radical (unpaired) electrons. The number of nitrogens with one attached hydrogen (secondary N) is 1. The Kier molecular flexibility index (Phi) is 6.44. The number of thioether (sulfide) groups is 1. The van der Waals surface area contributed by atoms with Gasteiger partial charge in [-0.1, -0.05) is 63.1 Å². The molecule has 6 nitrogen and oxygen atoms in total. The highest BCUT2D eigenvalue weighted by atomic mass is 79.9. The number of benzene rings is 3. The first-order valence-electron chi connectivity index (χ1n) is 13.9. The zero-order valence-corrected chi connectivity index (χ0v) is 26.0.